The van der Waals surface area contributed by atoms with E-state index in [-0.39, 0.29) is 31.1 Å². The molecule has 8 nitrogen and oxygen atoms in total. The Labute approximate surface area is 209 Å². The van der Waals surface area contributed by atoms with E-state index >= 15 is 0 Å². The van der Waals surface area contributed by atoms with Gasteiger partial charge in [0.1, 0.15) is 17.6 Å². The number of allylic oxidation sites excluding steroid dienone is 1. The van der Waals surface area contributed by atoms with Gasteiger partial charge < -0.3 is 24.4 Å². The molecule has 3 heterocycles. The van der Waals surface area contributed by atoms with E-state index < -0.39 is 35.0 Å². The molecule has 2 amide bonds. The number of aliphatic hydroxyl groups excluding tert-OH is 1. The minimum atomic E-state index is -1.04. The van der Waals surface area contributed by atoms with Crippen molar-refractivity contribution in [3.63, 3.8) is 0 Å². The maximum absolute atomic E-state index is 14.0. The van der Waals surface area contributed by atoms with E-state index in [1.54, 1.807) is 22.0 Å². The monoisotopic (exact) mass is 490 g/mol. The Morgan fingerprint density at radius 1 is 1.23 bits per heavy atom. The van der Waals surface area contributed by atoms with Crippen LogP contribution < -0.4 is 0 Å². The molecule has 0 aromatic rings. The molecule has 35 heavy (non-hydrogen) atoms. The maximum Gasteiger partial charge on any atom is 0.312 e. The fraction of sp³-hybridized carbons (Fsp3) is 0.741. The van der Waals surface area contributed by atoms with E-state index in [2.05, 4.69) is 13.2 Å². The van der Waals surface area contributed by atoms with Crippen LogP contribution in [0, 0.1) is 11.8 Å². The Kier molecular flexibility index (Phi) is 8.81. The summed E-state index contributed by atoms with van der Waals surface area (Å²) in [7, 11) is 0. The first kappa shape index (κ1) is 27.4. The van der Waals surface area contributed by atoms with Gasteiger partial charge in [0.2, 0.25) is 11.8 Å². The van der Waals surface area contributed by atoms with Gasteiger partial charge in [-0.2, -0.15) is 0 Å². The quantitative estimate of drug-likeness (QED) is 0.229. The van der Waals surface area contributed by atoms with E-state index in [0.29, 0.717) is 45.2 Å². The van der Waals surface area contributed by atoms with E-state index in [9.17, 15) is 14.4 Å². The van der Waals surface area contributed by atoms with Crippen LogP contribution >= 0.6 is 0 Å². The second kappa shape index (κ2) is 11.2. The Hall–Kier alpha value is -2.19. The molecule has 3 aliphatic heterocycles. The third-order valence-electron chi connectivity index (χ3n) is 7.85. The van der Waals surface area contributed by atoms with Crippen molar-refractivity contribution in [3.8, 4) is 0 Å². The summed E-state index contributed by atoms with van der Waals surface area (Å²) in [6.07, 6.45) is 8.06. The summed E-state index contributed by atoms with van der Waals surface area (Å²) >= 11 is 0. The Bertz CT molecular complexity index is 828. The fourth-order valence-corrected chi connectivity index (χ4v) is 6.22. The first-order valence-electron chi connectivity index (χ1n) is 13.0. The van der Waals surface area contributed by atoms with Crippen molar-refractivity contribution in [2.45, 2.75) is 89.0 Å². The first-order valence-corrected chi connectivity index (χ1v) is 13.0. The number of esters is 1. The normalized spacial score (nSPS) is 31.1. The number of rotatable bonds is 14. The second-order valence-electron chi connectivity index (χ2n) is 10.5. The molecule has 0 saturated carbocycles. The highest BCUT2D eigenvalue weighted by Crippen LogP contribution is 2.63. The van der Waals surface area contributed by atoms with Gasteiger partial charge in [0.25, 0.3) is 0 Å². The van der Waals surface area contributed by atoms with Crippen LogP contribution in [0.4, 0.5) is 0 Å². The molecule has 3 fully saturated rings. The van der Waals surface area contributed by atoms with Gasteiger partial charge in [-0.1, -0.05) is 12.2 Å². The number of amides is 2. The number of unbranched alkanes of at least 4 members (excludes halogenated alkanes) is 3. The Morgan fingerprint density at radius 2 is 1.97 bits per heavy atom. The van der Waals surface area contributed by atoms with Crippen molar-refractivity contribution in [2.24, 2.45) is 11.8 Å². The molecule has 1 N–H and O–H groups in total. The minimum absolute atomic E-state index is 0.0814. The van der Waals surface area contributed by atoms with E-state index in [4.69, 9.17) is 14.6 Å². The van der Waals surface area contributed by atoms with Crippen LogP contribution in [-0.4, -0.2) is 82.3 Å². The molecule has 5 atom stereocenters. The first-order chi connectivity index (χ1) is 16.7. The molecule has 2 unspecified atom stereocenters. The van der Waals surface area contributed by atoms with Gasteiger partial charge in [-0.05, 0) is 65.7 Å². The van der Waals surface area contributed by atoms with Crippen molar-refractivity contribution >= 4 is 17.8 Å². The molecule has 0 aromatic carbocycles. The predicted octanol–water partition coefficient (Wildman–Crippen LogP) is 2.85. The topological polar surface area (TPSA) is 96.4 Å². The molecule has 0 aliphatic carbocycles. The van der Waals surface area contributed by atoms with Gasteiger partial charge in [-0.3, -0.25) is 14.4 Å². The van der Waals surface area contributed by atoms with Gasteiger partial charge in [-0.15, -0.1) is 13.2 Å². The van der Waals surface area contributed by atoms with Gasteiger partial charge in [0, 0.05) is 25.7 Å². The molecule has 2 bridgehead atoms. The molecule has 3 rings (SSSR count). The van der Waals surface area contributed by atoms with Gasteiger partial charge in [0.05, 0.1) is 18.1 Å². The van der Waals surface area contributed by atoms with Crippen LogP contribution in [-0.2, 0) is 23.9 Å². The SMILES string of the molecule is C=CCCCOC(=O)[C@H]1[C@H]2C(=O)N(CCCCCO)C(C(=O)N(CC=C)C(C)C)C23CC[C@]1(C)O3. The Morgan fingerprint density at radius 3 is 2.60 bits per heavy atom. The highest BCUT2D eigenvalue weighted by atomic mass is 16.6. The summed E-state index contributed by atoms with van der Waals surface area (Å²) in [5.41, 5.74) is -1.88. The van der Waals surface area contributed by atoms with Crippen molar-refractivity contribution in [3.05, 3.63) is 25.3 Å². The van der Waals surface area contributed by atoms with E-state index in [1.807, 2.05) is 20.8 Å². The summed E-state index contributed by atoms with van der Waals surface area (Å²) in [5, 5.41) is 9.16. The second-order valence-corrected chi connectivity index (χ2v) is 10.5. The maximum atomic E-state index is 14.0. The molecule has 0 aromatic heterocycles. The van der Waals surface area contributed by atoms with Gasteiger partial charge >= 0.3 is 5.97 Å². The lowest BCUT2D eigenvalue weighted by Crippen LogP contribution is -2.57. The smallest absolute Gasteiger partial charge is 0.312 e. The van der Waals surface area contributed by atoms with E-state index in [1.165, 1.54) is 0 Å². The number of carbonyl (C=O) groups is 3. The number of nitrogens with zero attached hydrogens (tertiary/aromatic N) is 2. The zero-order valence-electron chi connectivity index (χ0n) is 21.5. The predicted molar refractivity (Wildman–Crippen MR) is 132 cm³/mol. The zero-order chi connectivity index (χ0) is 25.8. The average Bonchev–Trinajstić information content (AvgIpc) is 3.38. The van der Waals surface area contributed by atoms with Crippen LogP contribution in [0.5, 0.6) is 0 Å². The third kappa shape index (κ3) is 4.92. The molecule has 1 spiro atoms. The minimum Gasteiger partial charge on any atom is -0.465 e. The summed E-state index contributed by atoms with van der Waals surface area (Å²) in [5.74, 6) is -2.26. The standard InChI is InChI=1S/C27H42N2O6/c1-6-8-12-18-34-25(33)21-20-23(31)29(16-10-9-11-17-30)22(24(32)28(15-7-2)19(3)4)27(20)14-13-26(21,5)35-27/h6-7,19-22,30H,1-2,8-18H2,3-5H3/t20-,21+,22?,26-,27?/m0/s1. The largest absolute Gasteiger partial charge is 0.465 e. The molecular formula is C27H42N2O6. The lowest BCUT2D eigenvalue weighted by molar-refractivity contribution is -0.160. The van der Waals surface area contributed by atoms with Crippen LogP contribution in [0.25, 0.3) is 0 Å². The molecular weight excluding hydrogens is 448 g/mol. The van der Waals surface area contributed by atoms with Gasteiger partial charge in [-0.25, -0.2) is 0 Å². The number of hydrogen-bond donors (Lipinski definition) is 1. The van der Waals surface area contributed by atoms with Crippen LogP contribution in [0.3, 0.4) is 0 Å². The zero-order valence-corrected chi connectivity index (χ0v) is 21.5. The molecule has 0 radical (unpaired) electrons. The number of hydrogen-bond acceptors (Lipinski definition) is 6. The summed E-state index contributed by atoms with van der Waals surface area (Å²) in [6.45, 7) is 14.4. The van der Waals surface area contributed by atoms with Crippen molar-refractivity contribution in [2.75, 3.05) is 26.3 Å². The number of likely N-dealkylation sites (tertiary alicyclic amines) is 1. The average molecular weight is 491 g/mol. The summed E-state index contributed by atoms with van der Waals surface area (Å²) in [6, 6.07) is -0.876. The molecule has 3 aliphatic rings. The van der Waals surface area contributed by atoms with Crippen molar-refractivity contribution < 1.29 is 29.0 Å². The molecule has 8 heteroatoms. The van der Waals surface area contributed by atoms with Crippen molar-refractivity contribution in [1.82, 2.24) is 9.80 Å². The number of carbonyl (C=O) groups excluding carboxylic acids is 3. The summed E-state index contributed by atoms with van der Waals surface area (Å²) < 4.78 is 12.2. The molecule has 196 valence electrons. The summed E-state index contributed by atoms with van der Waals surface area (Å²) in [4.78, 5) is 44.6. The highest BCUT2D eigenvalue weighted by molar-refractivity contribution is 5.98. The lowest BCUT2D eigenvalue weighted by Gasteiger charge is -2.38. The lowest BCUT2D eigenvalue weighted by atomic mass is 9.66. The van der Waals surface area contributed by atoms with Gasteiger partial charge in [0.15, 0.2) is 0 Å². The molecule has 3 saturated heterocycles. The van der Waals surface area contributed by atoms with Crippen LogP contribution in [0.2, 0.25) is 0 Å². The van der Waals surface area contributed by atoms with E-state index in [0.717, 1.165) is 12.8 Å². The van der Waals surface area contributed by atoms with Crippen LogP contribution in [0.15, 0.2) is 25.3 Å². The van der Waals surface area contributed by atoms with Crippen LogP contribution in [0.1, 0.15) is 65.7 Å². The highest BCUT2D eigenvalue weighted by Gasteiger charge is 2.78. The third-order valence-corrected chi connectivity index (χ3v) is 7.85. The number of ether oxygens (including phenoxy) is 2. The van der Waals surface area contributed by atoms with Crippen molar-refractivity contribution in [1.29, 1.82) is 0 Å². The Balaban J connectivity index is 1.95. The fourth-order valence-electron chi connectivity index (χ4n) is 6.22. The number of fused-ring (bicyclic) bond motifs is 1. The number of aliphatic hydroxyl groups is 1.